The van der Waals surface area contributed by atoms with E-state index in [1.54, 1.807) is 12.0 Å². The second-order valence-corrected chi connectivity index (χ2v) is 9.31. The fourth-order valence-electron chi connectivity index (χ4n) is 4.33. The van der Waals surface area contributed by atoms with E-state index in [0.717, 1.165) is 37.6 Å². The molecule has 0 spiro atoms. The van der Waals surface area contributed by atoms with Crippen molar-refractivity contribution in [1.29, 1.82) is 0 Å². The quantitative estimate of drug-likeness (QED) is 0.611. The van der Waals surface area contributed by atoms with Crippen molar-refractivity contribution in [2.75, 3.05) is 49.6 Å². The molecule has 0 radical (unpaired) electrons. The summed E-state index contributed by atoms with van der Waals surface area (Å²) in [5.41, 5.74) is 2.59. The van der Waals surface area contributed by atoms with Crippen molar-refractivity contribution in [3.63, 3.8) is 0 Å². The Bertz CT molecular complexity index is 1110. The number of hydrogen-bond donors (Lipinski definition) is 0. The van der Waals surface area contributed by atoms with Gasteiger partial charge in [-0.15, -0.1) is 0 Å². The summed E-state index contributed by atoms with van der Waals surface area (Å²) in [6.07, 6.45) is 0. The van der Waals surface area contributed by atoms with E-state index in [4.69, 9.17) is 4.74 Å². The van der Waals surface area contributed by atoms with Gasteiger partial charge in [0.25, 0.3) is 0 Å². The van der Waals surface area contributed by atoms with Crippen LogP contribution >= 0.6 is 0 Å². The first-order chi connectivity index (χ1) is 15.7. The van der Waals surface area contributed by atoms with Crippen LogP contribution in [0.15, 0.2) is 82.6 Å². The maximum absolute atomic E-state index is 13.5. The largest absolute Gasteiger partial charge is 0.497 e. The van der Waals surface area contributed by atoms with E-state index in [0.29, 0.717) is 27.7 Å². The molecule has 0 aromatic heterocycles. The number of methoxy groups -OCH3 is 1. The summed E-state index contributed by atoms with van der Waals surface area (Å²) in [5, 5.41) is 0. The SMILES string of the molecule is COc1ccc(N2CCN(CC(=O)N3c4ccccc4S(=O)c4ccccc43)CC2)cc1. The molecular formula is C25H25N3O3S. The van der Waals surface area contributed by atoms with Crippen LogP contribution < -0.4 is 14.5 Å². The maximum atomic E-state index is 13.5. The Hall–Kier alpha value is -3.16. The van der Waals surface area contributed by atoms with Crippen LogP contribution in [0.25, 0.3) is 0 Å². The fraction of sp³-hybridized carbons (Fsp3) is 0.240. The first-order valence-electron chi connectivity index (χ1n) is 10.7. The number of hydrogen-bond acceptors (Lipinski definition) is 5. The number of para-hydroxylation sites is 2. The van der Waals surface area contributed by atoms with Gasteiger partial charge in [0.15, 0.2) is 0 Å². The number of piperazine rings is 1. The molecule has 3 aromatic rings. The molecule has 164 valence electrons. The molecule has 2 aliphatic heterocycles. The number of rotatable bonds is 4. The molecular weight excluding hydrogens is 422 g/mol. The molecule has 5 rings (SSSR count). The second kappa shape index (κ2) is 8.76. The normalized spacial score (nSPS) is 16.4. The van der Waals surface area contributed by atoms with Crippen LogP contribution in [0.2, 0.25) is 0 Å². The molecule has 0 saturated carbocycles. The van der Waals surface area contributed by atoms with Gasteiger partial charge in [-0.05, 0) is 48.5 Å². The Kier molecular flexibility index (Phi) is 5.68. The molecule has 1 fully saturated rings. The van der Waals surface area contributed by atoms with Crippen molar-refractivity contribution in [2.45, 2.75) is 9.79 Å². The van der Waals surface area contributed by atoms with Gasteiger partial charge in [-0.2, -0.15) is 0 Å². The Balaban J connectivity index is 1.31. The lowest BCUT2D eigenvalue weighted by Crippen LogP contribution is -2.50. The number of carbonyl (C=O) groups excluding carboxylic acids is 1. The number of carbonyl (C=O) groups is 1. The van der Waals surface area contributed by atoms with Crippen LogP contribution in [0.3, 0.4) is 0 Å². The van der Waals surface area contributed by atoms with Crippen LogP contribution in [0, 0.1) is 0 Å². The summed E-state index contributed by atoms with van der Waals surface area (Å²) in [5.74, 6) is 0.848. The standard InChI is InChI=1S/C25H25N3O3S/c1-31-20-12-10-19(11-13-20)27-16-14-26(15-17-27)18-25(29)28-21-6-2-4-8-23(21)32(30)24-9-5-3-7-22(24)28/h2-13H,14-18H2,1H3. The predicted molar refractivity (Wildman–Crippen MR) is 126 cm³/mol. The lowest BCUT2D eigenvalue weighted by molar-refractivity contribution is -0.119. The van der Waals surface area contributed by atoms with E-state index in [9.17, 15) is 9.00 Å². The molecule has 0 N–H and O–H groups in total. The molecule has 32 heavy (non-hydrogen) atoms. The Morgan fingerprint density at radius 3 is 1.97 bits per heavy atom. The summed E-state index contributed by atoms with van der Waals surface area (Å²) in [6.45, 7) is 3.65. The van der Waals surface area contributed by atoms with Crippen LogP contribution in [0.5, 0.6) is 5.75 Å². The summed E-state index contributed by atoms with van der Waals surface area (Å²) >= 11 is 0. The Labute approximate surface area is 190 Å². The first-order valence-corrected chi connectivity index (χ1v) is 11.8. The number of nitrogens with zero attached hydrogens (tertiary/aromatic N) is 3. The highest BCUT2D eigenvalue weighted by Gasteiger charge is 2.32. The number of amides is 1. The highest BCUT2D eigenvalue weighted by molar-refractivity contribution is 7.85. The minimum Gasteiger partial charge on any atom is -0.497 e. The van der Waals surface area contributed by atoms with Crippen LogP contribution in [-0.4, -0.2) is 54.8 Å². The van der Waals surface area contributed by atoms with Gasteiger partial charge in [-0.1, -0.05) is 24.3 Å². The van der Waals surface area contributed by atoms with Gasteiger partial charge in [0, 0.05) is 31.9 Å². The molecule has 3 aromatic carbocycles. The van der Waals surface area contributed by atoms with Crippen molar-refractivity contribution < 1.29 is 13.7 Å². The fourth-order valence-corrected chi connectivity index (χ4v) is 5.67. The molecule has 1 saturated heterocycles. The smallest absolute Gasteiger partial charge is 0.245 e. The van der Waals surface area contributed by atoms with Crippen LogP contribution in [-0.2, 0) is 15.6 Å². The Morgan fingerprint density at radius 2 is 1.41 bits per heavy atom. The van der Waals surface area contributed by atoms with E-state index >= 15 is 0 Å². The van der Waals surface area contributed by atoms with Gasteiger partial charge >= 0.3 is 0 Å². The third-order valence-corrected chi connectivity index (χ3v) is 7.52. The first kappa shape index (κ1) is 20.7. The zero-order valence-electron chi connectivity index (χ0n) is 17.9. The third-order valence-electron chi connectivity index (χ3n) is 6.03. The van der Waals surface area contributed by atoms with Crippen LogP contribution in [0.4, 0.5) is 17.1 Å². The topological polar surface area (TPSA) is 53.1 Å². The number of benzene rings is 3. The minimum absolute atomic E-state index is 0.000465. The van der Waals surface area contributed by atoms with E-state index in [-0.39, 0.29) is 5.91 Å². The molecule has 2 aliphatic rings. The maximum Gasteiger partial charge on any atom is 0.245 e. The summed E-state index contributed by atoms with van der Waals surface area (Å²) in [6, 6.07) is 23.0. The highest BCUT2D eigenvalue weighted by Crippen LogP contribution is 2.41. The van der Waals surface area contributed by atoms with E-state index < -0.39 is 10.8 Å². The zero-order chi connectivity index (χ0) is 22.1. The minimum atomic E-state index is -1.29. The van der Waals surface area contributed by atoms with Crippen molar-refractivity contribution in [3.05, 3.63) is 72.8 Å². The second-order valence-electron chi connectivity index (χ2n) is 7.89. The van der Waals surface area contributed by atoms with Gasteiger partial charge in [-0.25, -0.2) is 4.21 Å². The molecule has 7 heteroatoms. The van der Waals surface area contributed by atoms with Crippen LogP contribution in [0.1, 0.15) is 0 Å². The molecule has 1 amide bonds. The summed E-state index contributed by atoms with van der Waals surface area (Å²) in [7, 11) is 0.383. The van der Waals surface area contributed by atoms with Crippen molar-refractivity contribution in [1.82, 2.24) is 4.90 Å². The van der Waals surface area contributed by atoms with E-state index in [1.165, 1.54) is 0 Å². The monoisotopic (exact) mass is 447 g/mol. The molecule has 6 nitrogen and oxygen atoms in total. The average Bonchev–Trinajstić information content (AvgIpc) is 2.85. The van der Waals surface area contributed by atoms with E-state index in [2.05, 4.69) is 21.9 Å². The molecule has 0 aliphatic carbocycles. The summed E-state index contributed by atoms with van der Waals surface area (Å²) in [4.78, 5) is 21.1. The van der Waals surface area contributed by atoms with Gasteiger partial charge in [0.2, 0.25) is 5.91 Å². The summed E-state index contributed by atoms with van der Waals surface area (Å²) < 4.78 is 18.3. The highest BCUT2D eigenvalue weighted by atomic mass is 32.2. The van der Waals surface area contributed by atoms with Crippen molar-refractivity contribution >= 4 is 33.8 Å². The predicted octanol–water partition coefficient (Wildman–Crippen LogP) is 3.66. The van der Waals surface area contributed by atoms with E-state index in [1.807, 2.05) is 60.7 Å². The number of fused-ring (bicyclic) bond motifs is 2. The lowest BCUT2D eigenvalue weighted by Gasteiger charge is -2.37. The third kappa shape index (κ3) is 3.78. The number of anilines is 3. The molecule has 0 unspecified atom stereocenters. The molecule has 0 atom stereocenters. The van der Waals surface area contributed by atoms with Gasteiger partial charge in [-0.3, -0.25) is 14.6 Å². The van der Waals surface area contributed by atoms with Crippen molar-refractivity contribution in [3.8, 4) is 5.75 Å². The Morgan fingerprint density at radius 1 is 0.844 bits per heavy atom. The average molecular weight is 448 g/mol. The zero-order valence-corrected chi connectivity index (χ0v) is 18.8. The number of ether oxygens (including phenoxy) is 1. The molecule has 0 bridgehead atoms. The lowest BCUT2D eigenvalue weighted by atomic mass is 10.2. The van der Waals surface area contributed by atoms with Gasteiger partial charge in [0.05, 0.1) is 45.6 Å². The van der Waals surface area contributed by atoms with Gasteiger partial charge in [0.1, 0.15) is 5.75 Å². The molecule has 2 heterocycles. The van der Waals surface area contributed by atoms with Crippen molar-refractivity contribution in [2.24, 2.45) is 0 Å². The van der Waals surface area contributed by atoms with Gasteiger partial charge < -0.3 is 9.64 Å².